The van der Waals surface area contributed by atoms with Gasteiger partial charge in [-0.1, -0.05) is 30.3 Å². The Morgan fingerprint density at radius 2 is 2.17 bits per heavy atom. The molecule has 1 aromatic heterocycles. The van der Waals surface area contributed by atoms with Crippen LogP contribution in [0, 0.1) is 0 Å². The van der Waals surface area contributed by atoms with Gasteiger partial charge < -0.3 is 10.1 Å². The standard InChI is InChI=1S/C16H21N5O2/c1-16(2)10-13(8-9-23-16)18-15(22)14(21-11-17-19-20-21)12-6-4-3-5-7-12/h3-7,11,13-14H,8-10H2,1-2H3,(H,18,22)/t13-,14-/m0/s1. The second kappa shape index (κ2) is 6.45. The van der Waals surface area contributed by atoms with Crippen molar-refractivity contribution in [2.45, 2.75) is 44.4 Å². The molecule has 122 valence electrons. The van der Waals surface area contributed by atoms with E-state index in [1.54, 1.807) is 0 Å². The third-order valence-electron chi connectivity index (χ3n) is 4.04. The highest BCUT2D eigenvalue weighted by Crippen LogP contribution is 2.25. The summed E-state index contributed by atoms with van der Waals surface area (Å²) in [5, 5.41) is 14.3. The van der Waals surface area contributed by atoms with Crippen LogP contribution in [0.4, 0.5) is 0 Å². The average molecular weight is 315 g/mol. The number of hydrogen-bond donors (Lipinski definition) is 1. The predicted molar refractivity (Wildman–Crippen MR) is 83.6 cm³/mol. The molecule has 1 fully saturated rings. The van der Waals surface area contributed by atoms with Crippen molar-refractivity contribution >= 4 is 5.91 Å². The van der Waals surface area contributed by atoms with E-state index in [0.717, 1.165) is 18.4 Å². The Morgan fingerprint density at radius 1 is 1.39 bits per heavy atom. The van der Waals surface area contributed by atoms with Crippen LogP contribution in [-0.2, 0) is 9.53 Å². The first-order chi connectivity index (χ1) is 11.1. The smallest absolute Gasteiger partial charge is 0.249 e. The summed E-state index contributed by atoms with van der Waals surface area (Å²) >= 11 is 0. The molecule has 7 nitrogen and oxygen atoms in total. The Labute approximate surface area is 135 Å². The Morgan fingerprint density at radius 3 is 2.83 bits per heavy atom. The number of rotatable bonds is 4. The van der Waals surface area contributed by atoms with Gasteiger partial charge in [-0.3, -0.25) is 4.79 Å². The molecule has 1 aliphatic rings. The van der Waals surface area contributed by atoms with Crippen molar-refractivity contribution in [1.29, 1.82) is 0 Å². The van der Waals surface area contributed by atoms with E-state index in [-0.39, 0.29) is 17.6 Å². The molecular formula is C16H21N5O2. The van der Waals surface area contributed by atoms with Gasteiger partial charge in [-0.15, -0.1) is 5.10 Å². The van der Waals surface area contributed by atoms with E-state index in [9.17, 15) is 4.79 Å². The van der Waals surface area contributed by atoms with Crippen LogP contribution in [0.2, 0.25) is 0 Å². The van der Waals surface area contributed by atoms with Crippen LogP contribution in [-0.4, -0.2) is 44.4 Å². The molecule has 7 heteroatoms. The van der Waals surface area contributed by atoms with Gasteiger partial charge in [0.25, 0.3) is 0 Å². The SMILES string of the molecule is CC1(C)C[C@@H](NC(=O)[C@H](c2ccccc2)n2cnnn2)CCO1. The third kappa shape index (κ3) is 3.73. The van der Waals surface area contributed by atoms with Crippen LogP contribution < -0.4 is 5.32 Å². The molecule has 0 bridgehead atoms. The van der Waals surface area contributed by atoms with Crippen LogP contribution in [0.3, 0.4) is 0 Å². The summed E-state index contributed by atoms with van der Waals surface area (Å²) in [5.74, 6) is -0.105. The second-order valence-electron chi connectivity index (χ2n) is 6.41. The van der Waals surface area contributed by atoms with Crippen molar-refractivity contribution in [3.05, 3.63) is 42.2 Å². The van der Waals surface area contributed by atoms with Crippen LogP contribution in [0.15, 0.2) is 36.7 Å². The molecular weight excluding hydrogens is 294 g/mol. The molecule has 2 aromatic rings. The highest BCUT2D eigenvalue weighted by atomic mass is 16.5. The number of amides is 1. The Kier molecular flexibility index (Phi) is 4.38. The maximum absolute atomic E-state index is 12.9. The molecule has 0 radical (unpaired) electrons. The summed E-state index contributed by atoms with van der Waals surface area (Å²) in [5.41, 5.74) is 0.636. The summed E-state index contributed by atoms with van der Waals surface area (Å²) in [7, 11) is 0. The molecule has 0 aliphatic carbocycles. The first-order valence-electron chi connectivity index (χ1n) is 7.77. The maximum atomic E-state index is 12.9. The van der Waals surface area contributed by atoms with Gasteiger partial charge in [-0.2, -0.15) is 0 Å². The van der Waals surface area contributed by atoms with Gasteiger partial charge in [0.15, 0.2) is 6.04 Å². The monoisotopic (exact) mass is 315 g/mol. The summed E-state index contributed by atoms with van der Waals surface area (Å²) in [4.78, 5) is 12.9. The van der Waals surface area contributed by atoms with E-state index in [1.807, 2.05) is 44.2 Å². The maximum Gasteiger partial charge on any atom is 0.249 e. The Bertz CT molecular complexity index is 642. The van der Waals surface area contributed by atoms with Gasteiger partial charge in [-0.05, 0) is 42.7 Å². The predicted octanol–water partition coefficient (Wildman–Crippen LogP) is 1.34. The van der Waals surface area contributed by atoms with Crippen molar-refractivity contribution in [3.8, 4) is 0 Å². The summed E-state index contributed by atoms with van der Waals surface area (Å²) in [6.45, 7) is 4.74. The number of benzene rings is 1. The minimum atomic E-state index is -0.572. The highest BCUT2D eigenvalue weighted by Gasteiger charge is 2.32. The van der Waals surface area contributed by atoms with E-state index in [0.29, 0.717) is 6.61 Å². The molecule has 23 heavy (non-hydrogen) atoms. The van der Waals surface area contributed by atoms with E-state index in [2.05, 4.69) is 20.8 Å². The number of carbonyl (C=O) groups is 1. The van der Waals surface area contributed by atoms with Gasteiger partial charge in [0, 0.05) is 12.6 Å². The molecule has 3 rings (SSSR count). The average Bonchev–Trinajstić information content (AvgIpc) is 3.01. The van der Waals surface area contributed by atoms with Crippen molar-refractivity contribution in [2.24, 2.45) is 0 Å². The first kappa shape index (κ1) is 15.6. The molecule has 2 atom stereocenters. The molecule has 1 amide bonds. The Balaban J connectivity index is 1.79. The molecule has 2 heterocycles. The van der Waals surface area contributed by atoms with Gasteiger partial charge >= 0.3 is 0 Å². The quantitative estimate of drug-likeness (QED) is 0.920. The van der Waals surface area contributed by atoms with Gasteiger partial charge in [0.05, 0.1) is 5.60 Å². The van der Waals surface area contributed by atoms with Gasteiger partial charge in [0.1, 0.15) is 6.33 Å². The zero-order valence-electron chi connectivity index (χ0n) is 13.3. The van der Waals surface area contributed by atoms with Crippen molar-refractivity contribution in [1.82, 2.24) is 25.5 Å². The van der Waals surface area contributed by atoms with Gasteiger partial charge in [0.2, 0.25) is 5.91 Å². The Hall–Kier alpha value is -2.28. The second-order valence-corrected chi connectivity index (χ2v) is 6.41. The van der Waals surface area contributed by atoms with E-state index in [1.165, 1.54) is 11.0 Å². The highest BCUT2D eigenvalue weighted by molar-refractivity contribution is 5.83. The zero-order valence-corrected chi connectivity index (χ0v) is 13.3. The lowest BCUT2D eigenvalue weighted by Crippen LogP contribution is -2.47. The number of nitrogens with one attached hydrogen (secondary N) is 1. The molecule has 0 spiro atoms. The minimum Gasteiger partial charge on any atom is -0.375 e. The topological polar surface area (TPSA) is 81.9 Å². The van der Waals surface area contributed by atoms with Crippen LogP contribution in [0.5, 0.6) is 0 Å². The molecule has 0 saturated carbocycles. The summed E-state index contributed by atoms with van der Waals surface area (Å²) in [6.07, 6.45) is 3.06. The third-order valence-corrected chi connectivity index (χ3v) is 4.04. The number of aromatic nitrogens is 4. The molecule has 1 saturated heterocycles. The van der Waals surface area contributed by atoms with Crippen molar-refractivity contribution in [3.63, 3.8) is 0 Å². The van der Waals surface area contributed by atoms with Crippen molar-refractivity contribution < 1.29 is 9.53 Å². The van der Waals surface area contributed by atoms with E-state index >= 15 is 0 Å². The molecule has 1 N–H and O–H groups in total. The summed E-state index contributed by atoms with van der Waals surface area (Å²) in [6, 6.07) is 9.04. The zero-order chi connectivity index (χ0) is 16.3. The normalized spacial score (nSPS) is 21.6. The van der Waals surface area contributed by atoms with E-state index in [4.69, 9.17) is 4.74 Å². The molecule has 1 aromatic carbocycles. The minimum absolute atomic E-state index is 0.0916. The largest absolute Gasteiger partial charge is 0.375 e. The fourth-order valence-corrected chi connectivity index (χ4v) is 2.98. The number of tetrazole rings is 1. The lowest BCUT2D eigenvalue weighted by Gasteiger charge is -2.36. The summed E-state index contributed by atoms with van der Waals surface area (Å²) < 4.78 is 7.19. The lowest BCUT2D eigenvalue weighted by atomic mass is 9.93. The number of nitrogens with zero attached hydrogens (tertiary/aromatic N) is 4. The van der Waals surface area contributed by atoms with E-state index < -0.39 is 6.04 Å². The first-order valence-corrected chi connectivity index (χ1v) is 7.77. The van der Waals surface area contributed by atoms with Crippen LogP contribution in [0.1, 0.15) is 38.3 Å². The van der Waals surface area contributed by atoms with Crippen LogP contribution >= 0.6 is 0 Å². The number of carbonyl (C=O) groups excluding carboxylic acids is 1. The number of hydrogen-bond acceptors (Lipinski definition) is 5. The van der Waals surface area contributed by atoms with Crippen LogP contribution in [0.25, 0.3) is 0 Å². The lowest BCUT2D eigenvalue weighted by molar-refractivity contribution is -0.126. The molecule has 0 unspecified atom stereocenters. The number of ether oxygens (including phenoxy) is 1. The van der Waals surface area contributed by atoms with Crippen molar-refractivity contribution in [2.75, 3.05) is 6.61 Å². The molecule has 1 aliphatic heterocycles. The fraction of sp³-hybridized carbons (Fsp3) is 0.500. The van der Waals surface area contributed by atoms with Gasteiger partial charge in [-0.25, -0.2) is 4.68 Å². The fourth-order valence-electron chi connectivity index (χ4n) is 2.98.